The van der Waals surface area contributed by atoms with Gasteiger partial charge in [-0.3, -0.25) is 9.80 Å². The van der Waals surface area contributed by atoms with Gasteiger partial charge in [-0.1, -0.05) is 17.3 Å². The van der Waals surface area contributed by atoms with E-state index in [1.165, 1.54) is 12.1 Å². The van der Waals surface area contributed by atoms with E-state index in [4.69, 9.17) is 4.52 Å². The van der Waals surface area contributed by atoms with Gasteiger partial charge in [-0.2, -0.15) is 0 Å². The fourth-order valence-corrected chi connectivity index (χ4v) is 2.71. The molecule has 1 aliphatic heterocycles. The molecule has 6 heteroatoms. The molecule has 1 fully saturated rings. The Morgan fingerprint density at radius 3 is 2.41 bits per heavy atom. The number of hydrogen-bond donors (Lipinski definition) is 1. The van der Waals surface area contributed by atoms with Crippen molar-refractivity contribution in [1.82, 2.24) is 15.0 Å². The average Bonchev–Trinajstić information content (AvgIpc) is 3.03. The summed E-state index contributed by atoms with van der Waals surface area (Å²) in [5.74, 6) is -0.280. The van der Waals surface area contributed by atoms with Crippen LogP contribution in [-0.4, -0.2) is 52.8 Å². The van der Waals surface area contributed by atoms with E-state index in [0.29, 0.717) is 6.54 Å². The zero-order chi connectivity index (χ0) is 15.4. The normalized spacial score (nSPS) is 18.5. The largest absolute Gasteiger partial charge is 0.387 e. The van der Waals surface area contributed by atoms with Crippen molar-refractivity contribution in [1.29, 1.82) is 0 Å². The highest BCUT2D eigenvalue weighted by Gasteiger charge is 2.20. The SMILES string of the molecule is OC(CN1CCN(Cc2ccon2)CC1)c1ccc(F)cc1. The van der Waals surface area contributed by atoms with Crippen LogP contribution in [0, 0.1) is 5.82 Å². The Morgan fingerprint density at radius 1 is 1.09 bits per heavy atom. The molecule has 22 heavy (non-hydrogen) atoms. The minimum atomic E-state index is -0.581. The molecule has 2 aromatic rings. The summed E-state index contributed by atoms with van der Waals surface area (Å²) in [5, 5.41) is 14.2. The minimum Gasteiger partial charge on any atom is -0.387 e. The molecule has 0 amide bonds. The lowest BCUT2D eigenvalue weighted by Gasteiger charge is -2.35. The van der Waals surface area contributed by atoms with Gasteiger partial charge in [0.2, 0.25) is 0 Å². The van der Waals surface area contributed by atoms with Crippen molar-refractivity contribution < 1.29 is 14.0 Å². The highest BCUT2D eigenvalue weighted by Crippen LogP contribution is 2.16. The van der Waals surface area contributed by atoms with Gasteiger partial charge in [-0.25, -0.2) is 4.39 Å². The van der Waals surface area contributed by atoms with Gasteiger partial charge in [0.1, 0.15) is 12.1 Å². The molecule has 5 nitrogen and oxygen atoms in total. The van der Waals surface area contributed by atoms with E-state index in [2.05, 4.69) is 15.0 Å². The highest BCUT2D eigenvalue weighted by atomic mass is 19.1. The first-order chi connectivity index (χ1) is 10.7. The minimum absolute atomic E-state index is 0.280. The summed E-state index contributed by atoms with van der Waals surface area (Å²) in [6.07, 6.45) is 1.01. The molecule has 1 unspecified atom stereocenters. The molecule has 1 atom stereocenters. The molecule has 118 valence electrons. The first-order valence-electron chi connectivity index (χ1n) is 7.48. The molecule has 0 spiro atoms. The average molecular weight is 305 g/mol. The number of halogens is 1. The number of β-amino-alcohol motifs (C(OH)–C–C–N with tert-alkyl or cyclic N) is 1. The Bertz CT molecular complexity index is 566. The summed E-state index contributed by atoms with van der Waals surface area (Å²) in [6, 6.07) is 7.93. The van der Waals surface area contributed by atoms with Gasteiger partial charge >= 0.3 is 0 Å². The molecule has 1 aromatic heterocycles. The van der Waals surface area contributed by atoms with Crippen LogP contribution in [0.3, 0.4) is 0 Å². The maximum Gasteiger partial charge on any atom is 0.124 e. The molecular weight excluding hydrogens is 285 g/mol. The van der Waals surface area contributed by atoms with Crippen LogP contribution in [0.2, 0.25) is 0 Å². The topological polar surface area (TPSA) is 52.7 Å². The van der Waals surface area contributed by atoms with Crippen molar-refractivity contribution in [2.75, 3.05) is 32.7 Å². The Hall–Kier alpha value is -1.76. The molecule has 2 heterocycles. The molecule has 0 radical (unpaired) electrons. The van der Waals surface area contributed by atoms with Gasteiger partial charge in [-0.15, -0.1) is 0 Å². The van der Waals surface area contributed by atoms with E-state index in [1.807, 2.05) is 6.07 Å². The molecule has 0 aliphatic carbocycles. The summed E-state index contributed by atoms with van der Waals surface area (Å²) in [4.78, 5) is 4.55. The van der Waals surface area contributed by atoms with Crippen LogP contribution in [0.1, 0.15) is 17.4 Å². The number of hydrogen-bond acceptors (Lipinski definition) is 5. The van der Waals surface area contributed by atoms with Crippen molar-refractivity contribution in [2.24, 2.45) is 0 Å². The van der Waals surface area contributed by atoms with E-state index in [0.717, 1.165) is 44.0 Å². The highest BCUT2D eigenvalue weighted by molar-refractivity contribution is 5.18. The summed E-state index contributed by atoms with van der Waals surface area (Å²) in [5.41, 5.74) is 1.70. The maximum absolute atomic E-state index is 12.9. The standard InChI is InChI=1S/C16H20FN3O2/c17-14-3-1-13(2-4-14)16(21)12-20-8-6-19(7-9-20)11-15-5-10-22-18-15/h1-5,10,16,21H,6-9,11-12H2. The number of nitrogens with zero attached hydrogens (tertiary/aromatic N) is 3. The Kier molecular flexibility index (Phi) is 4.82. The predicted molar refractivity (Wildman–Crippen MR) is 79.6 cm³/mol. The lowest BCUT2D eigenvalue weighted by Crippen LogP contribution is -2.47. The first kappa shape index (κ1) is 15.1. The van der Waals surface area contributed by atoms with Gasteiger partial charge in [0.05, 0.1) is 11.8 Å². The third-order valence-electron chi connectivity index (χ3n) is 4.03. The lowest BCUT2D eigenvalue weighted by atomic mass is 10.1. The Morgan fingerprint density at radius 2 is 1.77 bits per heavy atom. The lowest BCUT2D eigenvalue weighted by molar-refractivity contribution is 0.0693. The van der Waals surface area contributed by atoms with Crippen molar-refractivity contribution in [3.8, 4) is 0 Å². The number of piperazine rings is 1. The molecular formula is C16H20FN3O2. The second-order valence-electron chi connectivity index (χ2n) is 5.63. The molecule has 1 N–H and O–H groups in total. The number of rotatable bonds is 5. The van der Waals surface area contributed by atoms with Crippen LogP contribution < -0.4 is 0 Å². The van der Waals surface area contributed by atoms with Crippen molar-refractivity contribution in [3.63, 3.8) is 0 Å². The Labute approximate surface area is 128 Å². The quantitative estimate of drug-likeness (QED) is 0.910. The third-order valence-corrected chi connectivity index (χ3v) is 4.03. The number of aliphatic hydroxyl groups excluding tert-OH is 1. The molecule has 3 rings (SSSR count). The van der Waals surface area contributed by atoms with E-state index >= 15 is 0 Å². The van der Waals surface area contributed by atoms with Crippen LogP contribution >= 0.6 is 0 Å². The first-order valence-corrected chi connectivity index (χ1v) is 7.48. The molecule has 1 aliphatic rings. The van der Waals surface area contributed by atoms with Crippen LogP contribution in [0.15, 0.2) is 41.1 Å². The molecule has 0 saturated carbocycles. The molecule has 1 saturated heterocycles. The summed E-state index contributed by atoms with van der Waals surface area (Å²) in [6.45, 7) is 5.03. The number of aliphatic hydroxyl groups is 1. The zero-order valence-corrected chi connectivity index (χ0v) is 12.4. The summed E-state index contributed by atoms with van der Waals surface area (Å²) < 4.78 is 17.7. The van der Waals surface area contributed by atoms with E-state index in [1.54, 1.807) is 18.4 Å². The fraction of sp³-hybridized carbons (Fsp3) is 0.438. The fourth-order valence-electron chi connectivity index (χ4n) is 2.71. The van der Waals surface area contributed by atoms with Crippen LogP contribution in [0.5, 0.6) is 0 Å². The van der Waals surface area contributed by atoms with Gasteiger partial charge in [0.15, 0.2) is 0 Å². The monoisotopic (exact) mass is 305 g/mol. The van der Waals surface area contributed by atoms with Crippen LogP contribution in [0.25, 0.3) is 0 Å². The summed E-state index contributed by atoms with van der Waals surface area (Å²) in [7, 11) is 0. The molecule has 1 aromatic carbocycles. The van der Waals surface area contributed by atoms with E-state index in [-0.39, 0.29) is 5.82 Å². The van der Waals surface area contributed by atoms with Gasteiger partial charge in [-0.05, 0) is 17.7 Å². The third kappa shape index (κ3) is 3.91. The number of aromatic nitrogens is 1. The number of benzene rings is 1. The van der Waals surface area contributed by atoms with Gasteiger partial charge in [0.25, 0.3) is 0 Å². The summed E-state index contributed by atoms with van der Waals surface area (Å²) >= 11 is 0. The maximum atomic E-state index is 12.9. The van der Waals surface area contributed by atoms with Crippen molar-refractivity contribution in [3.05, 3.63) is 53.7 Å². The Balaban J connectivity index is 1.46. The second-order valence-corrected chi connectivity index (χ2v) is 5.63. The van der Waals surface area contributed by atoms with Gasteiger partial charge in [0, 0.05) is 45.3 Å². The van der Waals surface area contributed by atoms with Gasteiger partial charge < -0.3 is 9.63 Å². The van der Waals surface area contributed by atoms with Crippen LogP contribution in [-0.2, 0) is 6.54 Å². The predicted octanol–water partition coefficient (Wildman–Crippen LogP) is 1.66. The van der Waals surface area contributed by atoms with Crippen LogP contribution in [0.4, 0.5) is 4.39 Å². The van der Waals surface area contributed by atoms with E-state index < -0.39 is 6.10 Å². The van der Waals surface area contributed by atoms with E-state index in [9.17, 15) is 9.50 Å². The van der Waals surface area contributed by atoms with Crippen molar-refractivity contribution in [2.45, 2.75) is 12.6 Å². The van der Waals surface area contributed by atoms with Crippen molar-refractivity contribution >= 4 is 0 Å². The molecule has 0 bridgehead atoms. The smallest absolute Gasteiger partial charge is 0.124 e. The zero-order valence-electron chi connectivity index (χ0n) is 12.4. The second kappa shape index (κ2) is 7.00.